The number of aromatic nitrogens is 1. The third-order valence-electron chi connectivity index (χ3n) is 8.49. The van der Waals surface area contributed by atoms with E-state index in [0.29, 0.717) is 12.8 Å². The van der Waals surface area contributed by atoms with Crippen LogP contribution in [0.4, 0.5) is 9.59 Å². The van der Waals surface area contributed by atoms with Crippen molar-refractivity contribution >= 4 is 24.0 Å². The highest BCUT2D eigenvalue weighted by atomic mass is 16.5. The number of nitrogens with one attached hydrogen (secondary N) is 4. The number of aliphatic hydroxyl groups excluding tert-OH is 1. The maximum absolute atomic E-state index is 13.8. The number of aliphatic hydroxyl groups is 1. The topological polar surface area (TPSA) is 171 Å². The minimum Gasteiger partial charge on any atom is -0.453 e. The van der Waals surface area contributed by atoms with Gasteiger partial charge < -0.3 is 30.5 Å². The van der Waals surface area contributed by atoms with Crippen molar-refractivity contribution in [3.05, 3.63) is 90.1 Å². The van der Waals surface area contributed by atoms with Crippen LogP contribution in [0.5, 0.6) is 0 Å². The highest BCUT2D eigenvalue weighted by Crippen LogP contribution is 2.23. The molecule has 3 aromatic rings. The molecule has 0 spiro atoms. The second-order valence-electron chi connectivity index (χ2n) is 14.8. The Hall–Kier alpha value is -5.01. The molecule has 4 unspecified atom stereocenters. The van der Waals surface area contributed by atoms with E-state index in [-0.39, 0.29) is 13.1 Å². The minimum absolute atomic E-state index is 0.104. The Morgan fingerprint density at radius 1 is 0.731 bits per heavy atom. The Balaban J connectivity index is 1.94. The standard InChI is InChI=1S/C39H54N6O7/c1-38(2,3)32(42-36(49)51-7)34(47)41-30(22-19-26-14-10-9-11-15-26)31(46)25-45(44-35(48)33(39(4,5)6)43-37(50)52-8)24-27-17-20-28(21-18-27)29-16-12-13-23-40-29/h9-18,20-21,23,30-33,46H,19,22,24-25H2,1-8H3,(H,41,47)(H,42,49)(H,43,50)(H,44,48). The van der Waals surface area contributed by atoms with Crippen LogP contribution in [0.25, 0.3) is 11.3 Å². The molecule has 0 saturated heterocycles. The summed E-state index contributed by atoms with van der Waals surface area (Å²) in [5.74, 6) is -1.01. The van der Waals surface area contributed by atoms with E-state index in [2.05, 4.69) is 26.4 Å². The molecule has 1 aromatic heterocycles. The molecule has 52 heavy (non-hydrogen) atoms. The Labute approximate surface area is 306 Å². The zero-order chi connectivity index (χ0) is 38.5. The van der Waals surface area contributed by atoms with E-state index in [1.54, 1.807) is 11.2 Å². The SMILES string of the molecule is COC(=O)NC(C(=O)NC(CCc1ccccc1)C(O)CN(Cc1ccc(-c2ccccn2)cc1)NC(=O)C(NC(=O)OC)C(C)(C)C)C(C)(C)C. The number of ether oxygens (including phenoxy) is 2. The summed E-state index contributed by atoms with van der Waals surface area (Å²) < 4.78 is 9.55. The summed E-state index contributed by atoms with van der Waals surface area (Å²) in [4.78, 5) is 56.4. The van der Waals surface area contributed by atoms with Crippen LogP contribution in [0.2, 0.25) is 0 Å². The molecule has 4 amide bonds. The number of amides is 4. The van der Waals surface area contributed by atoms with Crippen LogP contribution < -0.4 is 21.4 Å². The smallest absolute Gasteiger partial charge is 0.407 e. The minimum atomic E-state index is -1.19. The molecule has 1 heterocycles. The van der Waals surface area contributed by atoms with Crippen molar-refractivity contribution in [2.75, 3.05) is 20.8 Å². The van der Waals surface area contributed by atoms with E-state index in [4.69, 9.17) is 9.47 Å². The summed E-state index contributed by atoms with van der Waals surface area (Å²) in [6.45, 7) is 10.9. The quantitative estimate of drug-likeness (QED) is 0.141. The van der Waals surface area contributed by atoms with E-state index < -0.39 is 59.1 Å². The predicted octanol–water partition coefficient (Wildman–Crippen LogP) is 4.60. The second kappa shape index (κ2) is 19.0. The van der Waals surface area contributed by atoms with E-state index in [1.165, 1.54) is 14.2 Å². The molecule has 13 nitrogen and oxygen atoms in total. The van der Waals surface area contributed by atoms with Gasteiger partial charge in [0.25, 0.3) is 5.91 Å². The number of methoxy groups -OCH3 is 2. The maximum Gasteiger partial charge on any atom is 0.407 e. The fraction of sp³-hybridized carbons (Fsp3) is 0.462. The number of benzene rings is 2. The lowest BCUT2D eigenvalue weighted by Crippen LogP contribution is -2.60. The third-order valence-corrected chi connectivity index (χ3v) is 8.49. The Morgan fingerprint density at radius 3 is 1.81 bits per heavy atom. The largest absolute Gasteiger partial charge is 0.453 e. The maximum atomic E-state index is 13.8. The summed E-state index contributed by atoms with van der Waals surface area (Å²) in [5, 5.41) is 21.6. The van der Waals surface area contributed by atoms with Crippen LogP contribution in [-0.4, -0.2) is 84.1 Å². The van der Waals surface area contributed by atoms with Crippen molar-refractivity contribution in [2.24, 2.45) is 10.8 Å². The Morgan fingerprint density at radius 2 is 1.29 bits per heavy atom. The fourth-order valence-corrected chi connectivity index (χ4v) is 5.56. The summed E-state index contributed by atoms with van der Waals surface area (Å²) in [7, 11) is 2.44. The first-order valence-corrected chi connectivity index (χ1v) is 17.3. The highest BCUT2D eigenvalue weighted by Gasteiger charge is 2.37. The van der Waals surface area contributed by atoms with Crippen LogP contribution in [0.1, 0.15) is 59.1 Å². The van der Waals surface area contributed by atoms with Crippen LogP contribution >= 0.6 is 0 Å². The first-order chi connectivity index (χ1) is 24.5. The first kappa shape index (κ1) is 41.4. The summed E-state index contributed by atoms with van der Waals surface area (Å²) >= 11 is 0. The highest BCUT2D eigenvalue weighted by molar-refractivity contribution is 5.87. The number of hydrazine groups is 1. The molecule has 3 rings (SSSR count). The van der Waals surface area contributed by atoms with Gasteiger partial charge in [0.2, 0.25) is 5.91 Å². The molecule has 13 heteroatoms. The number of nitrogens with zero attached hydrogens (tertiary/aromatic N) is 2. The van der Waals surface area contributed by atoms with E-state index in [9.17, 15) is 24.3 Å². The molecule has 0 aliphatic carbocycles. The number of pyridine rings is 1. The summed E-state index contributed by atoms with van der Waals surface area (Å²) in [5.41, 5.74) is 5.06. The molecular formula is C39H54N6O7. The Kier molecular flexibility index (Phi) is 15.1. The Bertz CT molecular complexity index is 1590. The van der Waals surface area contributed by atoms with Gasteiger partial charge in [-0.25, -0.2) is 14.6 Å². The molecule has 282 valence electrons. The molecule has 0 aliphatic heterocycles. The van der Waals surface area contributed by atoms with Crippen LogP contribution in [-0.2, 0) is 32.0 Å². The van der Waals surface area contributed by atoms with Crippen LogP contribution in [0.3, 0.4) is 0 Å². The number of rotatable bonds is 15. The molecule has 0 bridgehead atoms. The number of hydrogen-bond donors (Lipinski definition) is 5. The van der Waals surface area contributed by atoms with Gasteiger partial charge in [0.05, 0.1) is 32.1 Å². The van der Waals surface area contributed by atoms with Crippen molar-refractivity contribution in [1.82, 2.24) is 31.4 Å². The molecule has 2 aromatic carbocycles. The molecule has 5 N–H and O–H groups in total. The van der Waals surface area contributed by atoms with Gasteiger partial charge in [-0.15, -0.1) is 0 Å². The molecule has 0 radical (unpaired) electrons. The van der Waals surface area contributed by atoms with Crippen molar-refractivity contribution in [3.8, 4) is 11.3 Å². The van der Waals surface area contributed by atoms with Gasteiger partial charge >= 0.3 is 12.2 Å². The number of hydrogen-bond acceptors (Lipinski definition) is 9. The van der Waals surface area contributed by atoms with Gasteiger partial charge in [0, 0.05) is 24.8 Å². The number of aryl methyl sites for hydroxylation is 1. The average molecular weight is 719 g/mol. The second-order valence-corrected chi connectivity index (χ2v) is 14.8. The van der Waals surface area contributed by atoms with Gasteiger partial charge in [0.15, 0.2) is 0 Å². The van der Waals surface area contributed by atoms with E-state index in [1.807, 2.05) is 114 Å². The number of alkyl carbamates (subject to hydrolysis) is 2. The van der Waals surface area contributed by atoms with E-state index >= 15 is 0 Å². The lowest BCUT2D eigenvalue weighted by Gasteiger charge is -2.35. The van der Waals surface area contributed by atoms with Gasteiger partial charge in [0.1, 0.15) is 12.1 Å². The van der Waals surface area contributed by atoms with Gasteiger partial charge in [-0.1, -0.05) is 102 Å². The van der Waals surface area contributed by atoms with Crippen molar-refractivity contribution in [3.63, 3.8) is 0 Å². The van der Waals surface area contributed by atoms with Crippen molar-refractivity contribution in [1.29, 1.82) is 0 Å². The number of carbonyl (C=O) groups excluding carboxylic acids is 4. The zero-order valence-corrected chi connectivity index (χ0v) is 31.4. The summed E-state index contributed by atoms with van der Waals surface area (Å²) in [6, 6.07) is 20.2. The molecule has 0 saturated carbocycles. The van der Waals surface area contributed by atoms with Crippen molar-refractivity contribution < 1.29 is 33.8 Å². The third kappa shape index (κ3) is 13.0. The van der Waals surface area contributed by atoms with Gasteiger partial charge in [-0.2, -0.15) is 0 Å². The molecule has 4 atom stereocenters. The molecular weight excluding hydrogens is 664 g/mol. The first-order valence-electron chi connectivity index (χ1n) is 17.3. The van der Waals surface area contributed by atoms with Crippen molar-refractivity contribution in [2.45, 2.75) is 85.2 Å². The molecule has 0 fully saturated rings. The van der Waals surface area contributed by atoms with Gasteiger partial charge in [-0.05, 0) is 46.9 Å². The normalized spacial score (nSPS) is 14.0. The predicted molar refractivity (Wildman–Crippen MR) is 198 cm³/mol. The average Bonchev–Trinajstić information content (AvgIpc) is 3.10. The molecule has 0 aliphatic rings. The lowest BCUT2D eigenvalue weighted by molar-refractivity contribution is -0.132. The monoisotopic (exact) mass is 718 g/mol. The van der Waals surface area contributed by atoms with Crippen LogP contribution in [0.15, 0.2) is 79.0 Å². The lowest BCUT2D eigenvalue weighted by atomic mass is 9.85. The number of carbonyl (C=O) groups is 4. The van der Waals surface area contributed by atoms with E-state index in [0.717, 1.165) is 22.4 Å². The van der Waals surface area contributed by atoms with Crippen LogP contribution in [0, 0.1) is 10.8 Å². The fourth-order valence-electron chi connectivity index (χ4n) is 5.56. The zero-order valence-electron chi connectivity index (χ0n) is 31.4. The summed E-state index contributed by atoms with van der Waals surface area (Å²) in [6.07, 6.45) is -0.109. The van der Waals surface area contributed by atoms with Gasteiger partial charge in [-0.3, -0.25) is 20.0 Å².